The Morgan fingerprint density at radius 2 is 2.11 bits per heavy atom. The van der Waals surface area contributed by atoms with Crippen LogP contribution in [0.15, 0.2) is 34.9 Å². The number of nitrogens with one attached hydrogen (secondary N) is 1. The first-order chi connectivity index (χ1) is 13.1. The van der Waals surface area contributed by atoms with Crippen LogP contribution in [0.25, 0.3) is 0 Å². The van der Waals surface area contributed by atoms with E-state index in [0.717, 1.165) is 0 Å². The Labute approximate surface area is 163 Å². The lowest BCUT2D eigenvalue weighted by Gasteiger charge is -2.15. The number of carbonyl (C=O) groups is 1. The molecule has 2 aromatic heterocycles. The van der Waals surface area contributed by atoms with Crippen LogP contribution in [-0.4, -0.2) is 36.6 Å². The molecule has 8 nitrogen and oxygen atoms in total. The molecule has 142 valence electrons. The average Bonchev–Trinajstić information content (AvgIpc) is 3.31. The second-order valence-corrected chi connectivity index (χ2v) is 7.16. The standard InChI is InChI=1S/C16H17FN6O2S2/c1-3-23-14(10(2)25-12-6-4-11(17)5-7-12)20-22-16(23)26-8-13(24)19-15-21-18-9-27-15/h4-7,9-10H,3,8H2,1-2H3,(H,19,21,24). The maximum atomic E-state index is 13.0. The zero-order valence-corrected chi connectivity index (χ0v) is 16.3. The van der Waals surface area contributed by atoms with Crippen molar-refractivity contribution in [1.29, 1.82) is 0 Å². The summed E-state index contributed by atoms with van der Waals surface area (Å²) in [5, 5.41) is 19.5. The molecule has 1 unspecified atom stereocenters. The molecule has 0 saturated heterocycles. The molecule has 0 fully saturated rings. The highest BCUT2D eigenvalue weighted by molar-refractivity contribution is 7.99. The van der Waals surface area contributed by atoms with E-state index in [1.807, 2.05) is 18.4 Å². The number of aromatic nitrogens is 5. The normalized spacial score (nSPS) is 12.0. The molecule has 3 rings (SSSR count). The van der Waals surface area contributed by atoms with Gasteiger partial charge < -0.3 is 9.30 Å². The van der Waals surface area contributed by atoms with Gasteiger partial charge in [-0.1, -0.05) is 23.1 Å². The van der Waals surface area contributed by atoms with Gasteiger partial charge in [0, 0.05) is 6.54 Å². The molecule has 11 heteroatoms. The molecule has 1 atom stereocenters. The molecule has 0 bridgehead atoms. The Morgan fingerprint density at radius 1 is 1.33 bits per heavy atom. The van der Waals surface area contributed by atoms with Gasteiger partial charge in [-0.2, -0.15) is 0 Å². The number of halogens is 1. The quantitative estimate of drug-likeness (QED) is 0.572. The van der Waals surface area contributed by atoms with Crippen LogP contribution >= 0.6 is 23.1 Å². The number of amides is 1. The molecule has 0 spiro atoms. The summed E-state index contributed by atoms with van der Waals surface area (Å²) >= 11 is 2.53. The van der Waals surface area contributed by atoms with Gasteiger partial charge in [-0.15, -0.1) is 20.4 Å². The highest BCUT2D eigenvalue weighted by Gasteiger charge is 2.19. The third-order valence-electron chi connectivity index (χ3n) is 3.49. The molecule has 27 heavy (non-hydrogen) atoms. The zero-order valence-electron chi connectivity index (χ0n) is 14.6. The molecule has 3 aromatic rings. The lowest BCUT2D eigenvalue weighted by molar-refractivity contribution is -0.113. The summed E-state index contributed by atoms with van der Waals surface area (Å²) in [5.41, 5.74) is 1.55. The lowest BCUT2D eigenvalue weighted by atomic mass is 10.3. The molecular weight excluding hydrogens is 391 g/mol. The van der Waals surface area contributed by atoms with Crippen molar-refractivity contribution in [3.8, 4) is 5.75 Å². The summed E-state index contributed by atoms with van der Waals surface area (Å²) in [4.78, 5) is 12.0. The fraction of sp³-hybridized carbons (Fsp3) is 0.312. The molecule has 0 aliphatic rings. The molecule has 0 aliphatic heterocycles. The Balaban J connectivity index is 1.63. The fourth-order valence-electron chi connectivity index (χ4n) is 2.29. The van der Waals surface area contributed by atoms with Crippen LogP contribution in [0, 0.1) is 5.82 Å². The number of hydrogen-bond acceptors (Lipinski definition) is 8. The second-order valence-electron chi connectivity index (χ2n) is 5.38. The van der Waals surface area contributed by atoms with Crippen LogP contribution in [0.3, 0.4) is 0 Å². The van der Waals surface area contributed by atoms with Crippen molar-refractivity contribution >= 4 is 34.1 Å². The maximum absolute atomic E-state index is 13.0. The molecule has 0 saturated carbocycles. The van der Waals surface area contributed by atoms with Gasteiger partial charge >= 0.3 is 0 Å². The maximum Gasteiger partial charge on any atom is 0.236 e. The molecular formula is C16H17FN6O2S2. The highest BCUT2D eigenvalue weighted by atomic mass is 32.2. The van der Waals surface area contributed by atoms with E-state index in [1.54, 1.807) is 17.6 Å². The largest absolute Gasteiger partial charge is 0.483 e. The number of thioether (sulfide) groups is 1. The van der Waals surface area contributed by atoms with Gasteiger partial charge in [-0.25, -0.2) is 4.39 Å². The van der Waals surface area contributed by atoms with Crippen molar-refractivity contribution in [3.05, 3.63) is 41.4 Å². The van der Waals surface area contributed by atoms with Crippen molar-refractivity contribution in [1.82, 2.24) is 25.0 Å². The molecule has 1 aromatic carbocycles. The summed E-state index contributed by atoms with van der Waals surface area (Å²) in [6, 6.07) is 5.80. The number of rotatable bonds is 8. The number of anilines is 1. The Morgan fingerprint density at radius 3 is 2.78 bits per heavy atom. The number of nitrogens with zero attached hydrogens (tertiary/aromatic N) is 5. The monoisotopic (exact) mass is 408 g/mol. The molecule has 0 aliphatic carbocycles. The predicted molar refractivity (Wildman–Crippen MR) is 100 cm³/mol. The first kappa shape index (κ1) is 19.2. The van der Waals surface area contributed by atoms with E-state index in [4.69, 9.17) is 4.74 Å². The number of ether oxygens (including phenoxy) is 1. The minimum absolute atomic E-state index is 0.172. The van der Waals surface area contributed by atoms with Gasteiger partial charge in [0.05, 0.1) is 5.75 Å². The summed E-state index contributed by atoms with van der Waals surface area (Å²) in [7, 11) is 0. The van der Waals surface area contributed by atoms with E-state index in [0.29, 0.717) is 28.4 Å². The van der Waals surface area contributed by atoms with Crippen molar-refractivity contribution in [3.63, 3.8) is 0 Å². The first-order valence-corrected chi connectivity index (χ1v) is 9.97. The molecule has 1 amide bonds. The third kappa shape index (κ3) is 5.01. The van der Waals surface area contributed by atoms with E-state index in [1.165, 1.54) is 35.2 Å². The van der Waals surface area contributed by atoms with Crippen molar-refractivity contribution in [2.45, 2.75) is 31.7 Å². The minimum Gasteiger partial charge on any atom is -0.483 e. The smallest absolute Gasteiger partial charge is 0.236 e. The van der Waals surface area contributed by atoms with E-state index in [-0.39, 0.29) is 23.6 Å². The van der Waals surface area contributed by atoms with Gasteiger partial charge in [-0.3, -0.25) is 10.1 Å². The first-order valence-electron chi connectivity index (χ1n) is 8.11. The lowest BCUT2D eigenvalue weighted by Crippen LogP contribution is -2.15. The summed E-state index contributed by atoms with van der Waals surface area (Å²) in [6.45, 7) is 4.43. The van der Waals surface area contributed by atoms with Crippen LogP contribution < -0.4 is 10.1 Å². The van der Waals surface area contributed by atoms with Gasteiger partial charge in [0.15, 0.2) is 17.1 Å². The highest BCUT2D eigenvalue weighted by Crippen LogP contribution is 2.25. The van der Waals surface area contributed by atoms with E-state index in [2.05, 4.69) is 25.7 Å². The zero-order chi connectivity index (χ0) is 19.2. The molecule has 2 heterocycles. The van der Waals surface area contributed by atoms with E-state index in [9.17, 15) is 9.18 Å². The Kier molecular flexibility index (Phi) is 6.35. The van der Waals surface area contributed by atoms with Crippen LogP contribution in [0.2, 0.25) is 0 Å². The van der Waals surface area contributed by atoms with Crippen LogP contribution in [0.5, 0.6) is 5.75 Å². The number of benzene rings is 1. The van der Waals surface area contributed by atoms with Crippen molar-refractivity contribution in [2.75, 3.05) is 11.1 Å². The SMILES string of the molecule is CCn1c(SCC(=O)Nc2nncs2)nnc1C(C)Oc1ccc(F)cc1. The topological polar surface area (TPSA) is 94.8 Å². The fourth-order valence-corrected chi connectivity index (χ4v) is 3.56. The van der Waals surface area contributed by atoms with Gasteiger partial charge in [0.25, 0.3) is 0 Å². The predicted octanol–water partition coefficient (Wildman–Crippen LogP) is 3.16. The minimum atomic E-state index is -0.382. The number of hydrogen-bond donors (Lipinski definition) is 1. The van der Waals surface area contributed by atoms with Crippen LogP contribution in [-0.2, 0) is 11.3 Å². The second kappa shape index (κ2) is 8.91. The number of carbonyl (C=O) groups excluding carboxylic acids is 1. The van der Waals surface area contributed by atoms with Crippen LogP contribution in [0.1, 0.15) is 25.8 Å². The van der Waals surface area contributed by atoms with Gasteiger partial charge in [0.1, 0.15) is 17.1 Å². The third-order valence-corrected chi connectivity index (χ3v) is 5.06. The summed E-state index contributed by atoms with van der Waals surface area (Å²) in [6.07, 6.45) is -0.382. The average molecular weight is 408 g/mol. The van der Waals surface area contributed by atoms with Gasteiger partial charge in [-0.05, 0) is 38.1 Å². The van der Waals surface area contributed by atoms with Gasteiger partial charge in [0.2, 0.25) is 11.0 Å². The molecule has 0 radical (unpaired) electrons. The Hall–Kier alpha value is -2.53. The van der Waals surface area contributed by atoms with E-state index >= 15 is 0 Å². The van der Waals surface area contributed by atoms with Crippen LogP contribution in [0.4, 0.5) is 9.52 Å². The van der Waals surface area contributed by atoms with E-state index < -0.39 is 0 Å². The van der Waals surface area contributed by atoms with Crippen molar-refractivity contribution in [2.24, 2.45) is 0 Å². The summed E-state index contributed by atoms with van der Waals surface area (Å²) < 4.78 is 20.7. The summed E-state index contributed by atoms with van der Waals surface area (Å²) in [5.74, 6) is 0.830. The Bertz CT molecular complexity index is 885. The van der Waals surface area contributed by atoms with Crippen molar-refractivity contribution < 1.29 is 13.9 Å². The molecule has 1 N–H and O–H groups in total.